The molecule has 0 fully saturated rings. The minimum absolute atomic E-state index is 0.151. The standard InChI is InChI=1S/C15H21FN6O/c1-15(2,23)6-22-14-11(13(18)19-7-20-14)12(21-22)8-3-4-10(17)9(16)5-8/h4-5,7-8,14,21,23H,3,6,17H2,1-2H3,(H2,18,19,20)/t8?,14-/m0/s1. The second-order valence-electron chi connectivity index (χ2n) is 6.55. The van der Waals surface area contributed by atoms with Gasteiger partial charge in [0.15, 0.2) is 6.17 Å². The molecular weight excluding hydrogens is 299 g/mol. The maximum Gasteiger partial charge on any atom is 0.151 e. The van der Waals surface area contributed by atoms with E-state index in [1.54, 1.807) is 24.9 Å². The van der Waals surface area contributed by atoms with Gasteiger partial charge in [0, 0.05) is 18.2 Å². The summed E-state index contributed by atoms with van der Waals surface area (Å²) in [6.07, 6.45) is 4.71. The van der Waals surface area contributed by atoms with Crippen LogP contribution >= 0.6 is 0 Å². The predicted octanol–water partition coefficient (Wildman–Crippen LogP) is 0.273. The Balaban J connectivity index is 1.94. The van der Waals surface area contributed by atoms with Crippen molar-refractivity contribution in [3.63, 3.8) is 0 Å². The van der Waals surface area contributed by atoms with Crippen LogP contribution in [0.4, 0.5) is 4.39 Å². The number of nitrogens with two attached hydrogens (primary N) is 2. The summed E-state index contributed by atoms with van der Waals surface area (Å²) >= 11 is 0. The Labute approximate surface area is 133 Å². The fourth-order valence-electron chi connectivity index (χ4n) is 2.94. The summed E-state index contributed by atoms with van der Waals surface area (Å²) in [6, 6.07) is 0. The van der Waals surface area contributed by atoms with Crippen LogP contribution in [0.3, 0.4) is 0 Å². The molecule has 3 rings (SSSR count). The Morgan fingerprint density at radius 1 is 1.48 bits per heavy atom. The summed E-state index contributed by atoms with van der Waals surface area (Å²) in [4.78, 5) is 8.38. The molecule has 2 atom stereocenters. The molecule has 0 aromatic heterocycles. The zero-order valence-corrected chi connectivity index (χ0v) is 13.1. The lowest BCUT2D eigenvalue weighted by atomic mass is 9.92. The van der Waals surface area contributed by atoms with Crippen molar-refractivity contribution in [3.05, 3.63) is 34.9 Å². The second-order valence-corrected chi connectivity index (χ2v) is 6.55. The highest BCUT2D eigenvalue weighted by Gasteiger charge is 2.40. The Morgan fingerprint density at radius 3 is 2.87 bits per heavy atom. The molecule has 1 unspecified atom stereocenters. The molecule has 8 heteroatoms. The van der Waals surface area contributed by atoms with Gasteiger partial charge in [-0.2, -0.15) is 5.01 Å². The van der Waals surface area contributed by atoms with Gasteiger partial charge in [-0.3, -0.25) is 0 Å². The van der Waals surface area contributed by atoms with E-state index < -0.39 is 11.4 Å². The molecule has 2 heterocycles. The number of hydrogen-bond acceptors (Lipinski definition) is 7. The molecule has 0 saturated carbocycles. The molecule has 6 N–H and O–H groups in total. The van der Waals surface area contributed by atoms with Gasteiger partial charge in [0.2, 0.25) is 0 Å². The van der Waals surface area contributed by atoms with Crippen LogP contribution < -0.4 is 16.9 Å². The molecular formula is C15H21FN6O. The van der Waals surface area contributed by atoms with Crippen LogP contribution in [0.1, 0.15) is 20.3 Å². The molecule has 1 aliphatic carbocycles. The molecule has 0 radical (unpaired) electrons. The number of rotatable bonds is 3. The van der Waals surface area contributed by atoms with E-state index in [0.29, 0.717) is 18.8 Å². The van der Waals surface area contributed by atoms with Crippen LogP contribution in [-0.2, 0) is 0 Å². The molecule has 0 spiro atoms. The highest BCUT2D eigenvalue weighted by atomic mass is 19.1. The summed E-state index contributed by atoms with van der Waals surface area (Å²) < 4.78 is 13.8. The molecule has 23 heavy (non-hydrogen) atoms. The van der Waals surface area contributed by atoms with E-state index in [0.717, 1.165) is 11.3 Å². The van der Waals surface area contributed by atoms with Crippen LogP contribution in [-0.4, -0.2) is 40.6 Å². The van der Waals surface area contributed by atoms with Crippen molar-refractivity contribution >= 4 is 12.2 Å². The number of halogens is 1. The summed E-state index contributed by atoms with van der Waals surface area (Å²) in [5, 5.41) is 11.9. The van der Waals surface area contributed by atoms with E-state index in [-0.39, 0.29) is 17.8 Å². The van der Waals surface area contributed by atoms with Crippen LogP contribution in [0.25, 0.3) is 0 Å². The topological polar surface area (TPSA) is 112 Å². The zero-order valence-electron chi connectivity index (χ0n) is 13.1. The van der Waals surface area contributed by atoms with Gasteiger partial charge in [-0.1, -0.05) is 6.08 Å². The number of hydrogen-bond donors (Lipinski definition) is 4. The SMILES string of the molecule is CC(C)(O)CN1NC(C2C=C(F)C(N)=CC2)=C2C(N)=NC=N[C@H]21. The third-order valence-electron chi connectivity index (χ3n) is 3.93. The third kappa shape index (κ3) is 2.99. The average molecular weight is 320 g/mol. The number of amidine groups is 1. The van der Waals surface area contributed by atoms with Gasteiger partial charge in [-0.15, -0.1) is 0 Å². The summed E-state index contributed by atoms with van der Waals surface area (Å²) in [5.41, 5.74) is 15.5. The van der Waals surface area contributed by atoms with Crippen molar-refractivity contribution < 1.29 is 9.50 Å². The molecule has 2 aliphatic heterocycles. The number of aliphatic hydroxyl groups is 1. The van der Waals surface area contributed by atoms with Crippen LogP contribution in [0.2, 0.25) is 0 Å². The van der Waals surface area contributed by atoms with Gasteiger partial charge in [0.05, 0.1) is 16.9 Å². The largest absolute Gasteiger partial charge is 0.397 e. The zero-order chi connectivity index (χ0) is 16.8. The Kier molecular flexibility index (Phi) is 3.73. The van der Waals surface area contributed by atoms with Crippen molar-refractivity contribution in [1.82, 2.24) is 10.4 Å². The number of allylic oxidation sites excluding steroid dienone is 3. The lowest BCUT2D eigenvalue weighted by Crippen LogP contribution is -2.48. The lowest BCUT2D eigenvalue weighted by molar-refractivity contribution is 0.0169. The first-order valence-corrected chi connectivity index (χ1v) is 7.44. The van der Waals surface area contributed by atoms with Crippen molar-refractivity contribution in [3.8, 4) is 0 Å². The van der Waals surface area contributed by atoms with E-state index in [2.05, 4.69) is 15.4 Å². The number of nitrogens with zero attached hydrogens (tertiary/aromatic N) is 3. The number of fused-ring (bicyclic) bond motifs is 1. The minimum atomic E-state index is -0.926. The van der Waals surface area contributed by atoms with Crippen molar-refractivity contribution in [2.75, 3.05) is 6.54 Å². The molecule has 7 nitrogen and oxygen atoms in total. The normalized spacial score (nSPS) is 28.1. The van der Waals surface area contributed by atoms with Crippen molar-refractivity contribution in [2.45, 2.75) is 32.0 Å². The summed E-state index contributed by atoms with van der Waals surface area (Å²) in [5.74, 6) is -0.320. The minimum Gasteiger partial charge on any atom is -0.397 e. The first-order valence-electron chi connectivity index (χ1n) is 7.44. The molecule has 0 aromatic rings. The van der Waals surface area contributed by atoms with E-state index in [1.807, 2.05) is 0 Å². The van der Waals surface area contributed by atoms with Gasteiger partial charge in [-0.05, 0) is 26.3 Å². The van der Waals surface area contributed by atoms with Crippen molar-refractivity contribution in [1.29, 1.82) is 0 Å². The molecule has 0 bridgehead atoms. The van der Waals surface area contributed by atoms with Crippen LogP contribution in [0.15, 0.2) is 44.9 Å². The second kappa shape index (κ2) is 5.47. The number of nitrogens with one attached hydrogen (secondary N) is 1. The van der Waals surface area contributed by atoms with E-state index in [9.17, 15) is 9.50 Å². The highest BCUT2D eigenvalue weighted by molar-refractivity contribution is 6.04. The number of hydrazine groups is 1. The molecule has 124 valence electrons. The third-order valence-corrected chi connectivity index (χ3v) is 3.93. The van der Waals surface area contributed by atoms with Gasteiger partial charge < -0.3 is 22.0 Å². The number of aliphatic imine (C=N–C) groups is 2. The molecule has 0 saturated heterocycles. The fourth-order valence-corrected chi connectivity index (χ4v) is 2.94. The van der Waals surface area contributed by atoms with Crippen LogP contribution in [0.5, 0.6) is 0 Å². The summed E-state index contributed by atoms with van der Waals surface area (Å²) in [6.45, 7) is 3.74. The molecule has 0 amide bonds. The lowest BCUT2D eigenvalue weighted by Gasteiger charge is -2.30. The first kappa shape index (κ1) is 15.7. The Bertz CT molecular complexity index is 670. The number of β-amino-alcohol motifs (C(OH)–C–C–N with tert-alkyl or cyclic N) is 1. The van der Waals surface area contributed by atoms with Crippen LogP contribution in [0, 0.1) is 5.92 Å². The van der Waals surface area contributed by atoms with Crippen molar-refractivity contribution in [2.24, 2.45) is 27.4 Å². The molecule has 3 aliphatic rings. The van der Waals surface area contributed by atoms with Gasteiger partial charge in [0.1, 0.15) is 18.0 Å². The Morgan fingerprint density at radius 2 is 2.22 bits per heavy atom. The Hall–Kier alpha value is -2.19. The predicted molar refractivity (Wildman–Crippen MR) is 86.6 cm³/mol. The van der Waals surface area contributed by atoms with E-state index >= 15 is 0 Å². The highest BCUT2D eigenvalue weighted by Crippen LogP contribution is 2.34. The smallest absolute Gasteiger partial charge is 0.151 e. The van der Waals surface area contributed by atoms with Gasteiger partial charge in [0.25, 0.3) is 0 Å². The monoisotopic (exact) mass is 320 g/mol. The molecule has 0 aromatic carbocycles. The fraction of sp³-hybridized carbons (Fsp3) is 0.467. The summed E-state index contributed by atoms with van der Waals surface area (Å²) in [7, 11) is 0. The van der Waals surface area contributed by atoms with E-state index in [4.69, 9.17) is 11.5 Å². The van der Waals surface area contributed by atoms with Gasteiger partial charge >= 0.3 is 0 Å². The van der Waals surface area contributed by atoms with Gasteiger partial charge in [-0.25, -0.2) is 14.4 Å². The quantitative estimate of drug-likeness (QED) is 0.596. The maximum atomic E-state index is 13.8. The first-order chi connectivity index (χ1) is 10.8. The van der Waals surface area contributed by atoms with E-state index in [1.165, 1.54) is 12.4 Å². The average Bonchev–Trinajstić information content (AvgIpc) is 2.80. The maximum absolute atomic E-state index is 13.8.